The number of hydrogen-bond donors (Lipinski definition) is 0. The molecule has 0 spiro atoms. The SMILES string of the molecule is Cc1c(C(=O)N(C)CCC(C)C)cc(F)cc1S(=O)(=O)Cl. The van der Waals surface area contributed by atoms with E-state index in [2.05, 4.69) is 0 Å². The van der Waals surface area contributed by atoms with Gasteiger partial charge in [0.2, 0.25) is 0 Å². The molecule has 0 aliphatic carbocycles. The van der Waals surface area contributed by atoms with E-state index in [0.717, 1.165) is 18.6 Å². The molecule has 1 aromatic rings. The average molecular weight is 336 g/mol. The van der Waals surface area contributed by atoms with Gasteiger partial charge in [-0.05, 0) is 37.0 Å². The molecule has 21 heavy (non-hydrogen) atoms. The number of hydrogen-bond acceptors (Lipinski definition) is 3. The molecule has 7 heteroatoms. The fourth-order valence-electron chi connectivity index (χ4n) is 1.89. The molecular weight excluding hydrogens is 317 g/mol. The minimum Gasteiger partial charge on any atom is -0.342 e. The molecule has 1 amide bonds. The summed E-state index contributed by atoms with van der Waals surface area (Å²) in [5.74, 6) is -0.803. The molecule has 0 atom stereocenters. The molecule has 0 saturated carbocycles. The van der Waals surface area contributed by atoms with E-state index in [4.69, 9.17) is 10.7 Å². The second-order valence-electron chi connectivity index (χ2n) is 5.42. The second-order valence-corrected chi connectivity index (χ2v) is 7.96. The number of amides is 1. The van der Waals surface area contributed by atoms with E-state index in [-0.39, 0.29) is 16.0 Å². The predicted octanol–water partition coefficient (Wildman–Crippen LogP) is 3.18. The van der Waals surface area contributed by atoms with Crippen LogP contribution in [0.5, 0.6) is 0 Å². The molecule has 118 valence electrons. The molecule has 0 saturated heterocycles. The first kappa shape index (κ1) is 17.9. The molecule has 0 bridgehead atoms. The Morgan fingerprint density at radius 2 is 1.95 bits per heavy atom. The Morgan fingerprint density at radius 3 is 2.43 bits per heavy atom. The second kappa shape index (κ2) is 6.75. The van der Waals surface area contributed by atoms with Crippen LogP contribution in [0, 0.1) is 18.7 Å². The number of benzene rings is 1. The van der Waals surface area contributed by atoms with Gasteiger partial charge in [0.1, 0.15) is 5.82 Å². The van der Waals surface area contributed by atoms with E-state index < -0.39 is 20.8 Å². The van der Waals surface area contributed by atoms with Gasteiger partial charge in [0.15, 0.2) is 0 Å². The highest BCUT2D eigenvalue weighted by atomic mass is 35.7. The van der Waals surface area contributed by atoms with Gasteiger partial charge < -0.3 is 4.90 Å². The Balaban J connectivity index is 3.19. The number of rotatable bonds is 5. The fraction of sp³-hybridized carbons (Fsp3) is 0.500. The summed E-state index contributed by atoms with van der Waals surface area (Å²) in [4.78, 5) is 13.4. The van der Waals surface area contributed by atoms with Crippen LogP contribution in [0.1, 0.15) is 36.2 Å². The van der Waals surface area contributed by atoms with Crippen LogP contribution >= 0.6 is 10.7 Å². The minimum atomic E-state index is -4.10. The van der Waals surface area contributed by atoms with Crippen molar-refractivity contribution in [2.45, 2.75) is 32.1 Å². The topological polar surface area (TPSA) is 54.5 Å². The zero-order chi connectivity index (χ0) is 16.4. The predicted molar refractivity (Wildman–Crippen MR) is 80.6 cm³/mol. The van der Waals surface area contributed by atoms with Crippen LogP contribution < -0.4 is 0 Å². The van der Waals surface area contributed by atoms with Crippen molar-refractivity contribution < 1.29 is 17.6 Å². The number of carbonyl (C=O) groups excluding carboxylic acids is 1. The van der Waals surface area contributed by atoms with Crippen LogP contribution in [-0.2, 0) is 9.05 Å². The first-order valence-electron chi connectivity index (χ1n) is 6.54. The van der Waals surface area contributed by atoms with E-state index in [1.807, 2.05) is 13.8 Å². The summed E-state index contributed by atoms with van der Waals surface area (Å²) in [6.45, 7) is 6.02. The first-order chi connectivity index (χ1) is 9.54. The summed E-state index contributed by atoms with van der Waals surface area (Å²) in [7, 11) is 2.77. The van der Waals surface area contributed by atoms with Gasteiger partial charge in [-0.2, -0.15) is 0 Å². The van der Waals surface area contributed by atoms with E-state index >= 15 is 0 Å². The Kier molecular flexibility index (Phi) is 5.75. The Labute approximate surface area is 129 Å². The van der Waals surface area contributed by atoms with Crippen LogP contribution in [0.15, 0.2) is 17.0 Å². The molecule has 0 fully saturated rings. The van der Waals surface area contributed by atoms with Crippen molar-refractivity contribution in [3.8, 4) is 0 Å². The third-order valence-corrected chi connectivity index (χ3v) is 4.65. The molecule has 1 rings (SSSR count). The molecule has 4 nitrogen and oxygen atoms in total. The lowest BCUT2D eigenvalue weighted by molar-refractivity contribution is 0.0787. The summed E-state index contributed by atoms with van der Waals surface area (Å²) in [6, 6.07) is 1.86. The van der Waals surface area contributed by atoms with Crippen molar-refractivity contribution in [1.82, 2.24) is 4.90 Å². The summed E-state index contributed by atoms with van der Waals surface area (Å²) in [6.07, 6.45) is 0.803. The number of nitrogens with zero attached hydrogens (tertiary/aromatic N) is 1. The minimum absolute atomic E-state index is 0.0143. The molecule has 1 aromatic carbocycles. The highest BCUT2D eigenvalue weighted by Crippen LogP contribution is 2.25. The zero-order valence-corrected chi connectivity index (χ0v) is 14.1. The van der Waals surface area contributed by atoms with Gasteiger partial charge in [0.25, 0.3) is 15.0 Å². The summed E-state index contributed by atoms with van der Waals surface area (Å²) >= 11 is 0. The van der Waals surface area contributed by atoms with E-state index in [0.29, 0.717) is 12.5 Å². The van der Waals surface area contributed by atoms with Crippen molar-refractivity contribution >= 4 is 25.6 Å². The van der Waals surface area contributed by atoms with Gasteiger partial charge >= 0.3 is 0 Å². The van der Waals surface area contributed by atoms with Crippen molar-refractivity contribution in [2.24, 2.45) is 5.92 Å². The zero-order valence-electron chi connectivity index (χ0n) is 12.5. The molecule has 0 radical (unpaired) electrons. The van der Waals surface area contributed by atoms with Crippen molar-refractivity contribution in [2.75, 3.05) is 13.6 Å². The Bertz CT molecular complexity index is 644. The third kappa shape index (κ3) is 4.68. The fourth-order valence-corrected chi connectivity index (χ4v) is 3.10. The number of halogens is 2. The summed E-state index contributed by atoms with van der Waals surface area (Å²) in [5, 5.41) is 0. The largest absolute Gasteiger partial charge is 0.342 e. The van der Waals surface area contributed by atoms with Crippen LogP contribution in [-0.4, -0.2) is 32.8 Å². The highest BCUT2D eigenvalue weighted by Gasteiger charge is 2.22. The molecule has 0 aliphatic rings. The van der Waals surface area contributed by atoms with Gasteiger partial charge in [-0.25, -0.2) is 12.8 Å². The maximum absolute atomic E-state index is 13.6. The van der Waals surface area contributed by atoms with Gasteiger partial charge in [0, 0.05) is 29.8 Å². The maximum atomic E-state index is 13.6. The summed E-state index contributed by atoms with van der Waals surface area (Å²) in [5.41, 5.74) is 0.174. The monoisotopic (exact) mass is 335 g/mol. The normalized spacial score (nSPS) is 11.8. The molecule has 0 unspecified atom stereocenters. The Morgan fingerprint density at radius 1 is 1.38 bits per heavy atom. The lowest BCUT2D eigenvalue weighted by Crippen LogP contribution is -2.29. The molecule has 0 heterocycles. The van der Waals surface area contributed by atoms with Gasteiger partial charge in [-0.3, -0.25) is 4.79 Å². The van der Waals surface area contributed by atoms with E-state index in [9.17, 15) is 17.6 Å². The first-order valence-corrected chi connectivity index (χ1v) is 8.85. The highest BCUT2D eigenvalue weighted by molar-refractivity contribution is 8.13. The molecule has 0 aliphatic heterocycles. The third-order valence-electron chi connectivity index (χ3n) is 3.21. The quantitative estimate of drug-likeness (QED) is 0.776. The van der Waals surface area contributed by atoms with E-state index in [1.165, 1.54) is 11.8 Å². The Hall–Kier alpha value is -1.14. The lowest BCUT2D eigenvalue weighted by atomic mass is 10.1. The van der Waals surface area contributed by atoms with Crippen LogP contribution in [0.4, 0.5) is 4.39 Å². The maximum Gasteiger partial charge on any atom is 0.261 e. The van der Waals surface area contributed by atoms with E-state index in [1.54, 1.807) is 7.05 Å². The van der Waals surface area contributed by atoms with Gasteiger partial charge in [-0.15, -0.1) is 0 Å². The van der Waals surface area contributed by atoms with Crippen LogP contribution in [0.2, 0.25) is 0 Å². The van der Waals surface area contributed by atoms with Gasteiger partial charge in [-0.1, -0.05) is 13.8 Å². The van der Waals surface area contributed by atoms with Crippen molar-refractivity contribution in [3.63, 3.8) is 0 Å². The van der Waals surface area contributed by atoms with Crippen LogP contribution in [0.3, 0.4) is 0 Å². The smallest absolute Gasteiger partial charge is 0.261 e. The van der Waals surface area contributed by atoms with Crippen molar-refractivity contribution in [3.05, 3.63) is 29.1 Å². The summed E-state index contributed by atoms with van der Waals surface area (Å²) < 4.78 is 36.5. The lowest BCUT2D eigenvalue weighted by Gasteiger charge is -2.20. The number of carbonyl (C=O) groups is 1. The van der Waals surface area contributed by atoms with Crippen LogP contribution in [0.25, 0.3) is 0 Å². The molecular formula is C14H19ClFNO3S. The van der Waals surface area contributed by atoms with Gasteiger partial charge in [0.05, 0.1) is 4.90 Å². The molecule has 0 N–H and O–H groups in total. The van der Waals surface area contributed by atoms with Crippen molar-refractivity contribution in [1.29, 1.82) is 0 Å². The average Bonchev–Trinajstić information content (AvgIpc) is 2.36. The molecule has 0 aromatic heterocycles. The standard InChI is InChI=1S/C14H19ClFNO3S/c1-9(2)5-6-17(4)14(18)12-7-11(16)8-13(10(12)3)21(15,19)20/h7-9H,5-6H2,1-4H3.